The predicted molar refractivity (Wildman–Crippen MR) is 120 cm³/mol. The second-order valence-corrected chi connectivity index (χ2v) is 9.66. The zero-order chi connectivity index (χ0) is 21.7. The van der Waals surface area contributed by atoms with E-state index in [1.54, 1.807) is 4.90 Å². The van der Waals surface area contributed by atoms with Crippen LogP contribution in [0.4, 0.5) is 4.79 Å². The summed E-state index contributed by atoms with van der Waals surface area (Å²) in [6.45, 7) is 11.9. The van der Waals surface area contributed by atoms with Gasteiger partial charge in [-0.15, -0.1) is 0 Å². The van der Waals surface area contributed by atoms with Crippen LogP contribution in [0.1, 0.15) is 105 Å². The van der Waals surface area contributed by atoms with Crippen LogP contribution in [0.5, 0.6) is 0 Å². The number of nitrogens with zero attached hydrogens (tertiary/aromatic N) is 1. The molecule has 1 heterocycles. The monoisotopic (exact) mass is 410 g/mol. The lowest BCUT2D eigenvalue weighted by molar-refractivity contribution is -0.125. The first kappa shape index (κ1) is 25.8. The number of nitrogens with one attached hydrogen (secondary N) is 1. The van der Waals surface area contributed by atoms with Crippen molar-refractivity contribution in [3.8, 4) is 0 Å². The maximum Gasteiger partial charge on any atom is 0.410 e. The van der Waals surface area contributed by atoms with Gasteiger partial charge in [-0.3, -0.25) is 4.79 Å². The van der Waals surface area contributed by atoms with Gasteiger partial charge in [0.25, 0.3) is 0 Å². The Labute approximate surface area is 179 Å². The second-order valence-electron chi connectivity index (χ2n) is 9.66. The molecular weight excluding hydrogens is 364 g/mol. The van der Waals surface area contributed by atoms with E-state index in [1.807, 2.05) is 20.8 Å². The Kier molecular flexibility index (Phi) is 12.3. The molecule has 0 bridgehead atoms. The van der Waals surface area contributed by atoms with Crippen molar-refractivity contribution in [2.45, 2.75) is 111 Å². The van der Waals surface area contributed by atoms with Gasteiger partial charge in [0.2, 0.25) is 5.91 Å². The number of carbonyl (C=O) groups is 2. The number of rotatable bonds is 13. The lowest BCUT2D eigenvalue weighted by atomic mass is 9.90. The average Bonchev–Trinajstić information content (AvgIpc) is 3.07. The average molecular weight is 411 g/mol. The summed E-state index contributed by atoms with van der Waals surface area (Å²) in [5.74, 6) is 0.247. The Morgan fingerprint density at radius 3 is 2.10 bits per heavy atom. The van der Waals surface area contributed by atoms with E-state index in [2.05, 4.69) is 19.2 Å². The molecule has 29 heavy (non-hydrogen) atoms. The molecule has 0 spiro atoms. The molecule has 2 amide bonds. The molecule has 0 unspecified atom stereocenters. The fourth-order valence-electron chi connectivity index (χ4n) is 4.02. The number of carbonyl (C=O) groups excluding carboxylic acids is 2. The molecule has 0 aromatic rings. The summed E-state index contributed by atoms with van der Waals surface area (Å²) >= 11 is 0. The Morgan fingerprint density at radius 1 is 0.897 bits per heavy atom. The minimum atomic E-state index is -0.508. The van der Waals surface area contributed by atoms with E-state index < -0.39 is 5.60 Å². The quantitative estimate of drug-likeness (QED) is 0.384. The van der Waals surface area contributed by atoms with E-state index in [4.69, 9.17) is 4.74 Å². The van der Waals surface area contributed by atoms with Crippen LogP contribution < -0.4 is 5.32 Å². The van der Waals surface area contributed by atoms with Crippen molar-refractivity contribution in [1.82, 2.24) is 10.2 Å². The molecule has 1 N–H and O–H groups in total. The minimum absolute atomic E-state index is 0.107. The number of unbranched alkanes of at least 4 members (excludes halogenated alkanes) is 8. The number of likely N-dealkylation sites (tertiary alicyclic amines) is 1. The van der Waals surface area contributed by atoms with Crippen molar-refractivity contribution in [2.24, 2.45) is 11.8 Å². The molecule has 5 nitrogen and oxygen atoms in total. The molecule has 1 saturated heterocycles. The van der Waals surface area contributed by atoms with Gasteiger partial charge in [0, 0.05) is 19.6 Å². The summed E-state index contributed by atoms with van der Waals surface area (Å²) in [6, 6.07) is 0. The highest BCUT2D eigenvalue weighted by Gasteiger charge is 2.40. The standard InChI is InChI=1S/C24H46N2O3/c1-6-8-10-12-13-14-16-20-18-26(23(28)29-24(3,4)5)19-21(20)22(27)25-17-15-11-9-7-2/h20-21H,6-19H2,1-5H3,(H,25,27)/t20-,21+/m0/s1. The topological polar surface area (TPSA) is 58.6 Å². The van der Waals surface area contributed by atoms with Crippen molar-refractivity contribution in [3.63, 3.8) is 0 Å². The van der Waals surface area contributed by atoms with Crippen LogP contribution in [-0.4, -0.2) is 42.1 Å². The smallest absolute Gasteiger partial charge is 0.410 e. The largest absolute Gasteiger partial charge is 0.444 e. The van der Waals surface area contributed by atoms with Crippen molar-refractivity contribution in [3.05, 3.63) is 0 Å². The normalized spacial score (nSPS) is 19.4. The highest BCUT2D eigenvalue weighted by Crippen LogP contribution is 2.30. The lowest BCUT2D eigenvalue weighted by Gasteiger charge is -2.24. The molecule has 1 rings (SSSR count). The van der Waals surface area contributed by atoms with Crippen LogP contribution >= 0.6 is 0 Å². The number of amides is 2. The molecular formula is C24H46N2O3. The molecule has 0 aliphatic carbocycles. The van der Waals surface area contributed by atoms with Gasteiger partial charge in [-0.05, 0) is 39.5 Å². The maximum atomic E-state index is 12.8. The number of hydrogen-bond acceptors (Lipinski definition) is 3. The molecule has 0 aromatic heterocycles. The van der Waals surface area contributed by atoms with E-state index in [-0.39, 0.29) is 23.8 Å². The van der Waals surface area contributed by atoms with Crippen LogP contribution in [0.3, 0.4) is 0 Å². The van der Waals surface area contributed by atoms with Crippen LogP contribution in [0.15, 0.2) is 0 Å². The highest BCUT2D eigenvalue weighted by molar-refractivity contribution is 5.81. The van der Waals surface area contributed by atoms with E-state index in [9.17, 15) is 9.59 Å². The van der Waals surface area contributed by atoms with Crippen LogP contribution in [0.2, 0.25) is 0 Å². The van der Waals surface area contributed by atoms with E-state index >= 15 is 0 Å². The third-order valence-electron chi connectivity index (χ3n) is 5.69. The van der Waals surface area contributed by atoms with E-state index in [1.165, 1.54) is 44.9 Å². The van der Waals surface area contributed by atoms with Gasteiger partial charge in [0.05, 0.1) is 5.92 Å². The fourth-order valence-corrected chi connectivity index (χ4v) is 4.02. The van der Waals surface area contributed by atoms with E-state index in [0.717, 1.165) is 32.2 Å². The molecule has 5 heteroatoms. The lowest BCUT2D eigenvalue weighted by Crippen LogP contribution is -2.38. The zero-order valence-electron chi connectivity index (χ0n) is 19.7. The van der Waals surface area contributed by atoms with Crippen LogP contribution in [0.25, 0.3) is 0 Å². The molecule has 1 fully saturated rings. The Bertz CT molecular complexity index is 473. The molecule has 0 saturated carbocycles. The van der Waals surface area contributed by atoms with Gasteiger partial charge in [-0.25, -0.2) is 4.79 Å². The molecule has 1 aliphatic heterocycles. The van der Waals surface area contributed by atoms with Gasteiger partial charge < -0.3 is 15.0 Å². The summed E-state index contributed by atoms with van der Waals surface area (Å²) in [6.07, 6.45) is 12.8. The number of ether oxygens (including phenoxy) is 1. The first-order valence-electron chi connectivity index (χ1n) is 12.0. The maximum absolute atomic E-state index is 12.8. The van der Waals surface area contributed by atoms with Gasteiger partial charge in [0.1, 0.15) is 5.60 Å². The fraction of sp³-hybridized carbons (Fsp3) is 0.917. The summed E-state index contributed by atoms with van der Waals surface area (Å²) in [5.41, 5.74) is -0.508. The van der Waals surface area contributed by atoms with Crippen molar-refractivity contribution >= 4 is 12.0 Å². The van der Waals surface area contributed by atoms with Gasteiger partial charge in [-0.2, -0.15) is 0 Å². The summed E-state index contributed by atoms with van der Waals surface area (Å²) in [4.78, 5) is 27.1. The van der Waals surface area contributed by atoms with Gasteiger partial charge in [0.15, 0.2) is 0 Å². The first-order valence-corrected chi connectivity index (χ1v) is 12.0. The van der Waals surface area contributed by atoms with Crippen LogP contribution in [0, 0.1) is 11.8 Å². The Balaban J connectivity index is 2.56. The van der Waals surface area contributed by atoms with Crippen molar-refractivity contribution in [2.75, 3.05) is 19.6 Å². The van der Waals surface area contributed by atoms with Crippen molar-refractivity contribution < 1.29 is 14.3 Å². The van der Waals surface area contributed by atoms with Crippen molar-refractivity contribution in [1.29, 1.82) is 0 Å². The highest BCUT2D eigenvalue weighted by atomic mass is 16.6. The molecule has 0 aromatic carbocycles. The molecule has 0 radical (unpaired) electrons. The Hall–Kier alpha value is -1.26. The Morgan fingerprint density at radius 2 is 1.48 bits per heavy atom. The third-order valence-corrected chi connectivity index (χ3v) is 5.69. The van der Waals surface area contributed by atoms with Gasteiger partial charge in [-0.1, -0.05) is 71.6 Å². The van der Waals surface area contributed by atoms with E-state index in [0.29, 0.717) is 13.1 Å². The second kappa shape index (κ2) is 13.9. The predicted octanol–water partition coefficient (Wildman–Crippen LogP) is 5.92. The third kappa shape index (κ3) is 10.9. The summed E-state index contributed by atoms with van der Waals surface area (Å²) in [5, 5.41) is 3.12. The zero-order valence-corrected chi connectivity index (χ0v) is 19.7. The van der Waals surface area contributed by atoms with Gasteiger partial charge >= 0.3 is 6.09 Å². The molecule has 2 atom stereocenters. The number of hydrogen-bond donors (Lipinski definition) is 1. The SMILES string of the molecule is CCCCCCCC[C@H]1CN(C(=O)OC(C)(C)C)C[C@H]1C(=O)NCCCCCC. The molecule has 170 valence electrons. The first-order chi connectivity index (χ1) is 13.8. The molecule has 1 aliphatic rings. The van der Waals surface area contributed by atoms with Crippen LogP contribution in [-0.2, 0) is 9.53 Å². The summed E-state index contributed by atoms with van der Waals surface area (Å²) < 4.78 is 5.55. The minimum Gasteiger partial charge on any atom is -0.444 e. The summed E-state index contributed by atoms with van der Waals surface area (Å²) in [7, 11) is 0.